The molecule has 2 unspecified atom stereocenters. The fourth-order valence-corrected chi connectivity index (χ4v) is 2.49. The van der Waals surface area contributed by atoms with E-state index in [4.69, 9.17) is 0 Å². The van der Waals surface area contributed by atoms with Crippen molar-refractivity contribution >= 4 is 0 Å². The monoisotopic (exact) mass is 276 g/mol. The minimum Gasteiger partial charge on any atom is -0.316 e. The van der Waals surface area contributed by atoms with E-state index in [2.05, 4.69) is 75.2 Å². The van der Waals surface area contributed by atoms with E-state index < -0.39 is 0 Å². The molecule has 0 bridgehead atoms. The van der Waals surface area contributed by atoms with E-state index in [0.717, 1.165) is 32.1 Å². The van der Waals surface area contributed by atoms with E-state index in [9.17, 15) is 0 Å². The van der Waals surface area contributed by atoms with Crippen LogP contribution in [0.4, 0.5) is 0 Å². The van der Waals surface area contributed by atoms with Crippen LogP contribution in [0.5, 0.6) is 0 Å². The summed E-state index contributed by atoms with van der Waals surface area (Å²) in [5.74, 6) is 1.39. The van der Waals surface area contributed by atoms with Gasteiger partial charge in [0.15, 0.2) is 0 Å². The largest absolute Gasteiger partial charge is 0.316 e. The molecule has 0 fully saturated rings. The Bertz CT molecular complexity index is 348. The van der Waals surface area contributed by atoms with Crippen molar-refractivity contribution in [2.75, 3.05) is 19.6 Å². The molecule has 0 amide bonds. The first-order valence-electron chi connectivity index (χ1n) is 8.03. The third-order valence-electron chi connectivity index (χ3n) is 4.05. The van der Waals surface area contributed by atoms with Crippen LogP contribution in [0.3, 0.4) is 0 Å². The molecule has 0 aliphatic carbocycles. The molecular formula is C18H32N2. The minimum atomic E-state index is 0.597. The molecule has 1 aromatic rings. The zero-order chi connectivity index (χ0) is 15.0. The van der Waals surface area contributed by atoms with Crippen LogP contribution in [0.15, 0.2) is 30.3 Å². The summed E-state index contributed by atoms with van der Waals surface area (Å²) < 4.78 is 0. The summed E-state index contributed by atoms with van der Waals surface area (Å²) in [7, 11) is 0. The van der Waals surface area contributed by atoms with Gasteiger partial charge in [-0.3, -0.25) is 4.90 Å². The highest BCUT2D eigenvalue weighted by atomic mass is 15.1. The molecule has 0 saturated carbocycles. The zero-order valence-electron chi connectivity index (χ0n) is 13.9. The van der Waals surface area contributed by atoms with Gasteiger partial charge in [0.2, 0.25) is 0 Å². The summed E-state index contributed by atoms with van der Waals surface area (Å²) in [4.78, 5) is 2.57. The predicted molar refractivity (Wildman–Crippen MR) is 88.9 cm³/mol. The first-order chi connectivity index (χ1) is 9.54. The van der Waals surface area contributed by atoms with E-state index in [0.29, 0.717) is 12.0 Å². The van der Waals surface area contributed by atoms with Gasteiger partial charge in [-0.15, -0.1) is 0 Å². The summed E-state index contributed by atoms with van der Waals surface area (Å²) in [6.45, 7) is 15.8. The van der Waals surface area contributed by atoms with Crippen LogP contribution in [0.25, 0.3) is 0 Å². The van der Waals surface area contributed by atoms with Gasteiger partial charge in [-0.2, -0.15) is 0 Å². The molecule has 2 nitrogen and oxygen atoms in total. The van der Waals surface area contributed by atoms with Crippen molar-refractivity contribution in [3.8, 4) is 0 Å². The fourth-order valence-electron chi connectivity index (χ4n) is 2.49. The van der Waals surface area contributed by atoms with E-state index >= 15 is 0 Å². The first-order valence-corrected chi connectivity index (χ1v) is 8.03. The van der Waals surface area contributed by atoms with Gasteiger partial charge >= 0.3 is 0 Å². The maximum Gasteiger partial charge on any atom is 0.0236 e. The van der Waals surface area contributed by atoms with Crippen LogP contribution in [0, 0.1) is 11.8 Å². The molecule has 0 radical (unpaired) electrons. The Morgan fingerprint density at radius 3 is 2.20 bits per heavy atom. The average Bonchev–Trinajstić information content (AvgIpc) is 2.44. The summed E-state index contributed by atoms with van der Waals surface area (Å²) in [6.07, 6.45) is 0. The third kappa shape index (κ3) is 6.06. The molecule has 0 spiro atoms. The lowest BCUT2D eigenvalue weighted by molar-refractivity contribution is 0.159. The van der Waals surface area contributed by atoms with Crippen molar-refractivity contribution in [3.05, 3.63) is 35.9 Å². The average molecular weight is 276 g/mol. The van der Waals surface area contributed by atoms with Crippen LogP contribution in [-0.2, 0) is 6.54 Å². The topological polar surface area (TPSA) is 15.3 Å². The zero-order valence-corrected chi connectivity index (χ0v) is 13.9. The molecule has 0 heterocycles. The van der Waals surface area contributed by atoms with E-state index in [1.54, 1.807) is 0 Å². The normalized spacial score (nSPS) is 14.8. The Balaban J connectivity index is 2.47. The number of nitrogens with zero attached hydrogens (tertiary/aromatic N) is 1. The molecule has 0 aromatic heterocycles. The number of hydrogen-bond donors (Lipinski definition) is 1. The highest BCUT2D eigenvalue weighted by Crippen LogP contribution is 2.14. The summed E-state index contributed by atoms with van der Waals surface area (Å²) >= 11 is 0. The van der Waals surface area contributed by atoms with Crippen molar-refractivity contribution < 1.29 is 0 Å². The van der Waals surface area contributed by atoms with Gasteiger partial charge in [-0.25, -0.2) is 0 Å². The highest BCUT2D eigenvalue weighted by Gasteiger charge is 2.18. The van der Waals surface area contributed by atoms with Crippen molar-refractivity contribution in [3.63, 3.8) is 0 Å². The van der Waals surface area contributed by atoms with Crippen molar-refractivity contribution in [2.24, 2.45) is 11.8 Å². The van der Waals surface area contributed by atoms with Crippen LogP contribution in [-0.4, -0.2) is 30.6 Å². The molecule has 1 rings (SSSR count). The number of benzene rings is 1. The van der Waals surface area contributed by atoms with Gasteiger partial charge in [-0.05, 0) is 44.0 Å². The lowest BCUT2D eigenvalue weighted by Crippen LogP contribution is -2.41. The Kier molecular flexibility index (Phi) is 7.86. The van der Waals surface area contributed by atoms with Crippen molar-refractivity contribution in [1.29, 1.82) is 0 Å². The lowest BCUT2D eigenvalue weighted by Gasteiger charge is -2.32. The second kappa shape index (κ2) is 9.15. The van der Waals surface area contributed by atoms with Crippen molar-refractivity contribution in [1.82, 2.24) is 10.2 Å². The quantitative estimate of drug-likeness (QED) is 0.738. The van der Waals surface area contributed by atoms with Crippen LogP contribution < -0.4 is 5.32 Å². The second-order valence-corrected chi connectivity index (χ2v) is 6.32. The molecule has 114 valence electrons. The first kappa shape index (κ1) is 17.2. The van der Waals surface area contributed by atoms with Gasteiger partial charge in [0, 0.05) is 12.6 Å². The van der Waals surface area contributed by atoms with Crippen LogP contribution in [0.1, 0.15) is 40.2 Å². The second-order valence-electron chi connectivity index (χ2n) is 6.32. The maximum atomic E-state index is 3.58. The number of hydrogen-bond acceptors (Lipinski definition) is 2. The molecule has 2 heteroatoms. The van der Waals surface area contributed by atoms with Gasteiger partial charge in [0.25, 0.3) is 0 Å². The molecule has 1 aromatic carbocycles. The third-order valence-corrected chi connectivity index (χ3v) is 4.05. The van der Waals surface area contributed by atoms with E-state index in [-0.39, 0.29) is 0 Å². The molecule has 2 atom stereocenters. The van der Waals surface area contributed by atoms with Gasteiger partial charge < -0.3 is 5.32 Å². The van der Waals surface area contributed by atoms with Gasteiger partial charge in [-0.1, -0.05) is 58.0 Å². The van der Waals surface area contributed by atoms with Crippen LogP contribution in [0.2, 0.25) is 0 Å². The Labute approximate surface area is 125 Å². The number of nitrogens with one attached hydrogen (secondary N) is 1. The summed E-state index contributed by atoms with van der Waals surface area (Å²) in [6, 6.07) is 11.4. The lowest BCUT2D eigenvalue weighted by atomic mass is 10.0. The summed E-state index contributed by atoms with van der Waals surface area (Å²) in [5, 5.41) is 3.58. The molecular weight excluding hydrogens is 244 g/mol. The van der Waals surface area contributed by atoms with Gasteiger partial charge in [0.05, 0.1) is 0 Å². The standard InChI is InChI=1S/C18H32N2/c1-6-20(14-18-10-8-7-9-11-18)17(5)16(4)13-19-12-15(2)3/h7-11,15-17,19H,6,12-14H2,1-5H3. The SMILES string of the molecule is CCN(Cc1ccccc1)C(C)C(C)CNCC(C)C. The summed E-state index contributed by atoms with van der Waals surface area (Å²) in [5.41, 5.74) is 1.41. The highest BCUT2D eigenvalue weighted by molar-refractivity contribution is 5.14. The van der Waals surface area contributed by atoms with Crippen LogP contribution >= 0.6 is 0 Å². The number of rotatable bonds is 9. The maximum absolute atomic E-state index is 3.58. The minimum absolute atomic E-state index is 0.597. The molecule has 1 N–H and O–H groups in total. The molecule has 0 saturated heterocycles. The Morgan fingerprint density at radius 2 is 1.65 bits per heavy atom. The van der Waals surface area contributed by atoms with Gasteiger partial charge in [0.1, 0.15) is 0 Å². The molecule has 0 aliphatic rings. The van der Waals surface area contributed by atoms with E-state index in [1.807, 2.05) is 0 Å². The predicted octanol–water partition coefficient (Wildman–Crippen LogP) is 3.78. The van der Waals surface area contributed by atoms with Crippen molar-refractivity contribution in [2.45, 2.75) is 47.2 Å². The molecule has 20 heavy (non-hydrogen) atoms. The smallest absolute Gasteiger partial charge is 0.0236 e. The van der Waals surface area contributed by atoms with E-state index in [1.165, 1.54) is 5.56 Å². The fraction of sp³-hybridized carbons (Fsp3) is 0.667. The Hall–Kier alpha value is -0.860. The Morgan fingerprint density at radius 1 is 1.00 bits per heavy atom. The molecule has 0 aliphatic heterocycles.